The van der Waals surface area contributed by atoms with Gasteiger partial charge in [0.2, 0.25) is 0 Å². The van der Waals surface area contributed by atoms with Crippen molar-refractivity contribution in [2.75, 3.05) is 24.2 Å². The normalized spacial score (nSPS) is 11.5. The monoisotopic (exact) mass is 222 g/mol. The summed E-state index contributed by atoms with van der Waals surface area (Å²) < 4.78 is 5.63. The molecule has 0 aliphatic carbocycles. The number of benzene rings is 1. The molecule has 0 saturated carbocycles. The van der Waals surface area contributed by atoms with Crippen molar-refractivity contribution >= 4 is 11.4 Å². The zero-order valence-electron chi connectivity index (χ0n) is 10.6. The van der Waals surface area contributed by atoms with Gasteiger partial charge in [-0.3, -0.25) is 0 Å². The molecule has 3 heteroatoms. The molecule has 0 spiro atoms. The Bertz CT molecular complexity index is 348. The van der Waals surface area contributed by atoms with E-state index in [2.05, 4.69) is 26.1 Å². The van der Waals surface area contributed by atoms with Gasteiger partial charge >= 0.3 is 0 Å². The van der Waals surface area contributed by atoms with E-state index >= 15 is 0 Å². The van der Waals surface area contributed by atoms with Crippen LogP contribution in [-0.4, -0.2) is 18.8 Å². The van der Waals surface area contributed by atoms with Gasteiger partial charge in [-0.15, -0.1) is 0 Å². The molecule has 0 bridgehead atoms. The molecule has 3 N–H and O–H groups in total. The van der Waals surface area contributed by atoms with Gasteiger partial charge < -0.3 is 15.8 Å². The molecule has 0 aliphatic heterocycles. The summed E-state index contributed by atoms with van der Waals surface area (Å²) in [5.41, 5.74) is 8.65. The molecule has 0 fully saturated rings. The summed E-state index contributed by atoms with van der Waals surface area (Å²) in [5, 5.41) is 3.37. The minimum absolute atomic E-state index is 0.161. The fraction of sp³-hybridized carbons (Fsp3) is 0.538. The lowest BCUT2D eigenvalue weighted by atomic mass is 10.1. The van der Waals surface area contributed by atoms with Crippen molar-refractivity contribution < 1.29 is 4.74 Å². The van der Waals surface area contributed by atoms with Crippen LogP contribution in [0.1, 0.15) is 26.3 Å². The fourth-order valence-electron chi connectivity index (χ4n) is 1.58. The minimum Gasteiger partial charge on any atom is -0.399 e. The van der Waals surface area contributed by atoms with E-state index in [1.165, 1.54) is 5.56 Å². The number of ether oxygens (including phenoxy) is 1. The molecule has 0 amide bonds. The number of rotatable bonds is 5. The Hall–Kier alpha value is -1.22. The first-order valence-electron chi connectivity index (χ1n) is 5.68. The minimum atomic E-state index is -0.161. The van der Waals surface area contributed by atoms with Crippen LogP contribution in [0.4, 0.5) is 11.4 Å². The Morgan fingerprint density at radius 1 is 1.38 bits per heavy atom. The number of hydrogen-bond donors (Lipinski definition) is 2. The maximum atomic E-state index is 5.75. The van der Waals surface area contributed by atoms with E-state index in [4.69, 9.17) is 10.5 Å². The topological polar surface area (TPSA) is 47.3 Å². The lowest BCUT2D eigenvalue weighted by Crippen LogP contribution is -2.33. The van der Waals surface area contributed by atoms with E-state index in [0.717, 1.165) is 24.5 Å². The van der Waals surface area contributed by atoms with Gasteiger partial charge in [0.25, 0.3) is 0 Å². The Balaban J connectivity index is 2.63. The standard InChI is InChI=1S/C13H22N2O/c1-5-16-13(3,4)9-15-12-8-11(14)7-6-10(12)2/h6-8,15H,5,9,14H2,1-4H3. The Morgan fingerprint density at radius 3 is 2.69 bits per heavy atom. The summed E-state index contributed by atoms with van der Waals surface area (Å²) in [6, 6.07) is 5.89. The van der Waals surface area contributed by atoms with Crippen molar-refractivity contribution in [2.24, 2.45) is 0 Å². The second kappa shape index (κ2) is 5.21. The van der Waals surface area contributed by atoms with Crippen LogP contribution in [0.15, 0.2) is 18.2 Å². The average Bonchev–Trinajstić information content (AvgIpc) is 2.19. The summed E-state index contributed by atoms with van der Waals surface area (Å²) in [4.78, 5) is 0. The fourth-order valence-corrected chi connectivity index (χ4v) is 1.58. The third kappa shape index (κ3) is 3.74. The van der Waals surface area contributed by atoms with Crippen molar-refractivity contribution in [1.29, 1.82) is 0 Å². The first-order chi connectivity index (χ1) is 7.44. The van der Waals surface area contributed by atoms with Crippen LogP contribution in [0.25, 0.3) is 0 Å². The van der Waals surface area contributed by atoms with Gasteiger partial charge in [0.15, 0.2) is 0 Å². The van der Waals surface area contributed by atoms with Crippen molar-refractivity contribution in [3.8, 4) is 0 Å². The number of hydrogen-bond acceptors (Lipinski definition) is 3. The maximum Gasteiger partial charge on any atom is 0.0797 e. The van der Waals surface area contributed by atoms with Crippen LogP contribution in [0, 0.1) is 6.92 Å². The second-order valence-electron chi connectivity index (χ2n) is 4.62. The van der Waals surface area contributed by atoms with Gasteiger partial charge in [-0.05, 0) is 45.4 Å². The molecule has 90 valence electrons. The molecule has 0 aromatic heterocycles. The van der Waals surface area contributed by atoms with Crippen LogP contribution in [-0.2, 0) is 4.74 Å². The molecule has 0 aliphatic rings. The number of anilines is 2. The zero-order chi connectivity index (χ0) is 12.2. The summed E-state index contributed by atoms with van der Waals surface area (Å²) in [5.74, 6) is 0. The molecule has 0 unspecified atom stereocenters. The Kier molecular flexibility index (Phi) is 4.19. The highest BCUT2D eigenvalue weighted by atomic mass is 16.5. The van der Waals surface area contributed by atoms with Crippen LogP contribution in [0.2, 0.25) is 0 Å². The van der Waals surface area contributed by atoms with E-state index in [0.29, 0.717) is 0 Å². The molecule has 0 heterocycles. The molecule has 1 rings (SSSR count). The molecule has 1 aromatic carbocycles. The van der Waals surface area contributed by atoms with E-state index in [1.807, 2.05) is 25.1 Å². The molecular weight excluding hydrogens is 200 g/mol. The molecule has 0 saturated heterocycles. The summed E-state index contributed by atoms with van der Waals surface area (Å²) >= 11 is 0. The van der Waals surface area contributed by atoms with Crippen molar-refractivity contribution in [2.45, 2.75) is 33.3 Å². The second-order valence-corrected chi connectivity index (χ2v) is 4.62. The Labute approximate surface area is 98.0 Å². The lowest BCUT2D eigenvalue weighted by molar-refractivity contribution is 0.000694. The number of aryl methyl sites for hydroxylation is 1. The molecule has 0 radical (unpaired) electrons. The van der Waals surface area contributed by atoms with Gasteiger partial charge in [-0.1, -0.05) is 6.07 Å². The van der Waals surface area contributed by atoms with Gasteiger partial charge in [0.05, 0.1) is 5.60 Å². The van der Waals surface area contributed by atoms with Crippen LogP contribution < -0.4 is 11.1 Å². The Morgan fingerprint density at radius 2 is 2.06 bits per heavy atom. The maximum absolute atomic E-state index is 5.75. The van der Waals surface area contributed by atoms with Crippen LogP contribution >= 0.6 is 0 Å². The van der Waals surface area contributed by atoms with Crippen LogP contribution in [0.3, 0.4) is 0 Å². The molecule has 3 nitrogen and oxygen atoms in total. The predicted octanol–water partition coefficient (Wildman–Crippen LogP) is 2.80. The average molecular weight is 222 g/mol. The summed E-state index contributed by atoms with van der Waals surface area (Å²) in [6.07, 6.45) is 0. The van der Waals surface area contributed by atoms with Crippen molar-refractivity contribution in [1.82, 2.24) is 0 Å². The highest BCUT2D eigenvalue weighted by molar-refractivity contribution is 5.59. The summed E-state index contributed by atoms with van der Waals surface area (Å²) in [6.45, 7) is 9.72. The van der Waals surface area contributed by atoms with Gasteiger partial charge in [-0.25, -0.2) is 0 Å². The van der Waals surface area contributed by atoms with E-state index < -0.39 is 0 Å². The SMILES string of the molecule is CCOC(C)(C)CNc1cc(N)ccc1C. The van der Waals surface area contributed by atoms with Gasteiger partial charge in [0.1, 0.15) is 0 Å². The lowest BCUT2D eigenvalue weighted by Gasteiger charge is -2.26. The predicted molar refractivity (Wildman–Crippen MR) is 69.8 cm³/mol. The molecule has 0 atom stereocenters. The van der Waals surface area contributed by atoms with Gasteiger partial charge in [-0.2, -0.15) is 0 Å². The van der Waals surface area contributed by atoms with E-state index in [-0.39, 0.29) is 5.60 Å². The number of nitrogens with two attached hydrogens (primary N) is 1. The van der Waals surface area contributed by atoms with Gasteiger partial charge in [0, 0.05) is 24.5 Å². The highest BCUT2D eigenvalue weighted by Gasteiger charge is 2.17. The third-order valence-corrected chi connectivity index (χ3v) is 2.50. The number of nitrogen functional groups attached to an aromatic ring is 1. The number of nitrogens with one attached hydrogen (secondary N) is 1. The smallest absolute Gasteiger partial charge is 0.0797 e. The van der Waals surface area contributed by atoms with Crippen molar-refractivity contribution in [3.05, 3.63) is 23.8 Å². The molecule has 16 heavy (non-hydrogen) atoms. The quantitative estimate of drug-likeness (QED) is 0.753. The third-order valence-electron chi connectivity index (χ3n) is 2.50. The first-order valence-corrected chi connectivity index (χ1v) is 5.68. The highest BCUT2D eigenvalue weighted by Crippen LogP contribution is 2.19. The van der Waals surface area contributed by atoms with Crippen molar-refractivity contribution in [3.63, 3.8) is 0 Å². The largest absolute Gasteiger partial charge is 0.399 e. The summed E-state index contributed by atoms with van der Waals surface area (Å²) in [7, 11) is 0. The zero-order valence-corrected chi connectivity index (χ0v) is 10.6. The van der Waals surface area contributed by atoms with E-state index in [1.54, 1.807) is 0 Å². The first kappa shape index (κ1) is 12.8. The molecular formula is C13H22N2O. The molecule has 1 aromatic rings. The van der Waals surface area contributed by atoms with Crippen LogP contribution in [0.5, 0.6) is 0 Å². The van der Waals surface area contributed by atoms with E-state index in [9.17, 15) is 0 Å².